The number of aromatic nitrogens is 3. The van der Waals surface area contributed by atoms with Crippen molar-refractivity contribution < 1.29 is 31.4 Å². The molecule has 1 saturated carbocycles. The van der Waals surface area contributed by atoms with Crippen LogP contribution in [0.1, 0.15) is 31.0 Å². The van der Waals surface area contributed by atoms with E-state index >= 15 is 0 Å². The SMILES string of the molecule is CC1C2CC3(C2)Cn2c(cc(OCc4cc(F)c(Oc5ccnc(C(F)(F)F)c5)c(F)c4)nc2=O)N13. The lowest BCUT2D eigenvalue weighted by atomic mass is 9.72. The van der Waals surface area contributed by atoms with E-state index in [1.165, 1.54) is 0 Å². The number of fused-ring (bicyclic) bond motifs is 1. The van der Waals surface area contributed by atoms with Crippen molar-refractivity contribution in [1.82, 2.24) is 14.5 Å². The summed E-state index contributed by atoms with van der Waals surface area (Å²) in [5, 5.41) is 0. The van der Waals surface area contributed by atoms with Crippen molar-refractivity contribution in [1.29, 1.82) is 0 Å². The summed E-state index contributed by atoms with van der Waals surface area (Å²) in [7, 11) is 0. The van der Waals surface area contributed by atoms with Gasteiger partial charge in [0.1, 0.15) is 23.9 Å². The van der Waals surface area contributed by atoms with Crippen molar-refractivity contribution in [2.45, 2.75) is 50.7 Å². The van der Waals surface area contributed by atoms with Crippen LogP contribution in [0.2, 0.25) is 0 Å². The molecule has 0 radical (unpaired) electrons. The number of alkyl halides is 3. The largest absolute Gasteiger partial charge is 0.473 e. The van der Waals surface area contributed by atoms with Crippen LogP contribution in [0.3, 0.4) is 0 Å². The highest BCUT2D eigenvalue weighted by Gasteiger charge is 2.63. The van der Waals surface area contributed by atoms with Gasteiger partial charge in [0.15, 0.2) is 17.4 Å². The highest BCUT2D eigenvalue weighted by atomic mass is 19.4. The van der Waals surface area contributed by atoms with Gasteiger partial charge in [0.2, 0.25) is 5.88 Å². The quantitative estimate of drug-likeness (QED) is 0.469. The molecule has 188 valence electrons. The molecule has 3 aromatic rings. The topological polar surface area (TPSA) is 69.5 Å². The molecule has 0 N–H and O–H groups in total. The van der Waals surface area contributed by atoms with Crippen molar-refractivity contribution in [2.75, 3.05) is 4.90 Å². The number of benzene rings is 1. The van der Waals surface area contributed by atoms with Gasteiger partial charge >= 0.3 is 11.9 Å². The number of pyridine rings is 1. The van der Waals surface area contributed by atoms with E-state index in [2.05, 4.69) is 21.8 Å². The highest BCUT2D eigenvalue weighted by molar-refractivity contribution is 5.55. The van der Waals surface area contributed by atoms with Crippen molar-refractivity contribution in [3.05, 3.63) is 69.9 Å². The summed E-state index contributed by atoms with van der Waals surface area (Å²) in [6.07, 6.45) is -1.83. The Bertz CT molecular complexity index is 1410. The Labute approximate surface area is 201 Å². The fourth-order valence-corrected chi connectivity index (χ4v) is 5.64. The Morgan fingerprint density at radius 3 is 2.56 bits per heavy atom. The third-order valence-electron chi connectivity index (χ3n) is 7.24. The smallest absolute Gasteiger partial charge is 0.433 e. The number of nitrogens with zero attached hydrogens (tertiary/aromatic N) is 4. The maximum Gasteiger partial charge on any atom is 0.433 e. The number of anilines is 1. The molecule has 2 aromatic heterocycles. The average Bonchev–Trinajstić information content (AvgIpc) is 3.37. The standard InChI is InChI=1S/C24H19F5N4O3/c1-12-14-8-23(9-14)11-32-20(33(12)23)7-19(31-22(32)34)35-10-13-4-16(25)21(17(26)5-13)36-15-2-3-30-18(6-15)24(27,28)29/h2-7,12,14H,8-11H2,1H3. The van der Waals surface area contributed by atoms with Gasteiger partial charge in [-0.15, -0.1) is 0 Å². The third-order valence-corrected chi connectivity index (χ3v) is 7.24. The Hall–Kier alpha value is -3.70. The summed E-state index contributed by atoms with van der Waals surface area (Å²) in [6, 6.07) is 5.45. The van der Waals surface area contributed by atoms with Crippen LogP contribution in [0.5, 0.6) is 17.4 Å². The first-order valence-corrected chi connectivity index (χ1v) is 11.3. The minimum atomic E-state index is -4.74. The molecule has 36 heavy (non-hydrogen) atoms. The predicted molar refractivity (Wildman–Crippen MR) is 116 cm³/mol. The molecule has 3 fully saturated rings. The summed E-state index contributed by atoms with van der Waals surface area (Å²) in [5.74, 6) is -2.17. The Morgan fingerprint density at radius 1 is 1.14 bits per heavy atom. The van der Waals surface area contributed by atoms with Crippen LogP contribution in [0.25, 0.3) is 0 Å². The van der Waals surface area contributed by atoms with E-state index in [1.54, 1.807) is 10.6 Å². The van der Waals surface area contributed by atoms with Crippen LogP contribution in [-0.4, -0.2) is 26.1 Å². The summed E-state index contributed by atoms with van der Waals surface area (Å²) >= 11 is 0. The van der Waals surface area contributed by atoms with Crippen molar-refractivity contribution in [2.24, 2.45) is 5.92 Å². The summed E-state index contributed by atoms with van der Waals surface area (Å²) < 4.78 is 80.0. The van der Waals surface area contributed by atoms with Crippen molar-refractivity contribution in [3.63, 3.8) is 0 Å². The fraction of sp³-hybridized carbons (Fsp3) is 0.375. The van der Waals surface area contributed by atoms with Crippen LogP contribution in [0, 0.1) is 17.6 Å². The highest BCUT2D eigenvalue weighted by Crippen LogP contribution is 2.59. The Kier molecular flexibility index (Phi) is 4.83. The van der Waals surface area contributed by atoms with Gasteiger partial charge in [0.05, 0.1) is 12.1 Å². The van der Waals surface area contributed by atoms with Gasteiger partial charge in [-0.25, -0.2) is 13.6 Å². The lowest BCUT2D eigenvalue weighted by Gasteiger charge is -2.36. The van der Waals surface area contributed by atoms with E-state index in [-0.39, 0.29) is 23.6 Å². The van der Waals surface area contributed by atoms with E-state index in [0.29, 0.717) is 24.6 Å². The minimum absolute atomic E-state index is 0.0334. The van der Waals surface area contributed by atoms with Gasteiger partial charge in [0, 0.05) is 24.4 Å². The van der Waals surface area contributed by atoms with E-state index < -0.39 is 40.7 Å². The van der Waals surface area contributed by atoms with E-state index in [0.717, 1.165) is 43.1 Å². The summed E-state index contributed by atoms with van der Waals surface area (Å²) in [4.78, 5) is 22.0. The van der Waals surface area contributed by atoms with Crippen molar-refractivity contribution >= 4 is 5.82 Å². The molecule has 7 rings (SSSR count). The lowest BCUT2D eigenvalue weighted by Crippen LogP contribution is -2.45. The van der Waals surface area contributed by atoms with E-state index in [9.17, 15) is 26.7 Å². The molecule has 0 amide bonds. The maximum atomic E-state index is 14.6. The summed E-state index contributed by atoms with van der Waals surface area (Å²) in [5.41, 5.74) is -1.65. The second kappa shape index (κ2) is 7.65. The van der Waals surface area contributed by atoms with Gasteiger partial charge in [-0.3, -0.25) is 9.55 Å². The number of ether oxygens (including phenoxy) is 2. The van der Waals surface area contributed by atoms with Gasteiger partial charge in [-0.2, -0.15) is 18.2 Å². The van der Waals surface area contributed by atoms with Crippen molar-refractivity contribution in [3.8, 4) is 17.4 Å². The number of rotatable bonds is 5. The van der Waals surface area contributed by atoms with Crippen LogP contribution in [-0.2, 0) is 19.3 Å². The van der Waals surface area contributed by atoms with Crippen LogP contribution >= 0.6 is 0 Å². The molecule has 1 aliphatic carbocycles. The van der Waals surface area contributed by atoms with E-state index in [4.69, 9.17) is 9.47 Å². The Balaban J connectivity index is 1.20. The molecule has 1 spiro atoms. The fourth-order valence-electron chi connectivity index (χ4n) is 5.64. The minimum Gasteiger partial charge on any atom is -0.473 e. The number of halogens is 5. The van der Waals surface area contributed by atoms with E-state index in [1.807, 2.05) is 0 Å². The first-order chi connectivity index (χ1) is 17.0. The maximum absolute atomic E-state index is 14.6. The molecule has 4 aliphatic rings. The zero-order valence-electron chi connectivity index (χ0n) is 18.9. The molecular weight excluding hydrogens is 487 g/mol. The molecule has 1 aromatic carbocycles. The summed E-state index contributed by atoms with van der Waals surface area (Å²) in [6.45, 7) is 2.43. The van der Waals surface area contributed by atoms with Crippen LogP contribution in [0.4, 0.5) is 27.8 Å². The zero-order valence-corrected chi connectivity index (χ0v) is 18.9. The predicted octanol–water partition coefficient (Wildman–Crippen LogP) is 4.68. The van der Waals surface area contributed by atoms with Gasteiger partial charge < -0.3 is 14.4 Å². The second-order valence-electron chi connectivity index (χ2n) is 9.48. The average molecular weight is 506 g/mol. The molecule has 1 atom stereocenters. The van der Waals surface area contributed by atoms with Crippen LogP contribution < -0.4 is 20.1 Å². The number of hydrogen-bond donors (Lipinski definition) is 0. The first kappa shape index (κ1) is 22.7. The third kappa shape index (κ3) is 3.49. The molecule has 5 heterocycles. The normalized spacial score (nSPS) is 23.8. The van der Waals surface area contributed by atoms with Crippen LogP contribution in [0.15, 0.2) is 41.3 Å². The monoisotopic (exact) mass is 506 g/mol. The first-order valence-electron chi connectivity index (χ1n) is 11.3. The zero-order chi connectivity index (χ0) is 25.4. The molecule has 12 heteroatoms. The van der Waals surface area contributed by atoms with Gasteiger partial charge in [0.25, 0.3) is 0 Å². The Morgan fingerprint density at radius 2 is 1.86 bits per heavy atom. The molecule has 7 nitrogen and oxygen atoms in total. The molecular formula is C24H19F5N4O3. The molecule has 1 unspecified atom stereocenters. The number of hydrogen-bond acceptors (Lipinski definition) is 6. The molecule has 2 bridgehead atoms. The second-order valence-corrected chi connectivity index (χ2v) is 9.48. The van der Waals surface area contributed by atoms with Gasteiger partial charge in [-0.1, -0.05) is 0 Å². The lowest BCUT2D eigenvalue weighted by molar-refractivity contribution is -0.141. The molecule has 3 aliphatic heterocycles. The molecule has 2 saturated heterocycles. The van der Waals surface area contributed by atoms with Gasteiger partial charge in [-0.05, 0) is 49.4 Å².